The average molecular weight is 326 g/mol. The maximum atomic E-state index is 11.4. The van der Waals surface area contributed by atoms with Gasteiger partial charge in [0, 0.05) is 30.8 Å². The zero-order chi connectivity index (χ0) is 16.8. The number of phenolic OH excluding ortho intramolecular Hbond substituents is 1. The summed E-state index contributed by atoms with van der Waals surface area (Å²) in [6, 6.07) is 9.00. The topological polar surface area (TPSA) is 75.8 Å². The zero-order valence-corrected chi connectivity index (χ0v) is 13.4. The Kier molecular flexibility index (Phi) is 3.42. The van der Waals surface area contributed by atoms with Gasteiger partial charge in [0.1, 0.15) is 0 Å². The van der Waals surface area contributed by atoms with Crippen molar-refractivity contribution in [2.45, 2.75) is 25.4 Å². The van der Waals surface area contributed by atoms with Crippen LogP contribution in [-0.4, -0.2) is 28.6 Å². The highest BCUT2D eigenvalue weighted by atomic mass is 16.6. The molecule has 6 nitrogen and oxygen atoms in total. The number of nitro groups is 1. The number of benzene rings is 2. The molecule has 0 saturated carbocycles. The van der Waals surface area contributed by atoms with Gasteiger partial charge in [0.2, 0.25) is 0 Å². The van der Waals surface area contributed by atoms with Crippen LogP contribution in [0, 0.1) is 10.1 Å². The van der Waals surface area contributed by atoms with Crippen LogP contribution in [0.1, 0.15) is 28.3 Å². The predicted octanol–water partition coefficient (Wildman–Crippen LogP) is 2.96. The number of phenols is 1. The van der Waals surface area contributed by atoms with Crippen molar-refractivity contribution in [1.82, 2.24) is 4.90 Å². The van der Waals surface area contributed by atoms with Gasteiger partial charge < -0.3 is 9.84 Å². The second-order valence-electron chi connectivity index (χ2n) is 6.34. The lowest BCUT2D eigenvalue weighted by molar-refractivity contribution is -0.385. The van der Waals surface area contributed by atoms with Gasteiger partial charge in [0.15, 0.2) is 11.5 Å². The molecule has 24 heavy (non-hydrogen) atoms. The van der Waals surface area contributed by atoms with E-state index in [1.807, 2.05) is 12.1 Å². The van der Waals surface area contributed by atoms with Crippen LogP contribution in [0.25, 0.3) is 0 Å². The number of nitro benzene ring substituents is 1. The van der Waals surface area contributed by atoms with Crippen LogP contribution in [0.3, 0.4) is 0 Å². The third-order valence-electron chi connectivity index (χ3n) is 5.12. The second kappa shape index (κ2) is 5.49. The molecule has 0 spiro atoms. The van der Waals surface area contributed by atoms with Gasteiger partial charge >= 0.3 is 0 Å². The number of hydrogen-bond acceptors (Lipinski definition) is 5. The third kappa shape index (κ3) is 2.22. The fraction of sp³-hybridized carbons (Fsp3) is 0.333. The smallest absolute Gasteiger partial charge is 0.272 e. The molecule has 0 aliphatic carbocycles. The van der Waals surface area contributed by atoms with Gasteiger partial charge in [-0.2, -0.15) is 0 Å². The summed E-state index contributed by atoms with van der Waals surface area (Å²) in [7, 11) is 1.54. The summed E-state index contributed by atoms with van der Waals surface area (Å²) in [5.74, 6) is 0.593. The molecule has 0 bridgehead atoms. The lowest BCUT2D eigenvalue weighted by atomic mass is 9.83. The van der Waals surface area contributed by atoms with Crippen molar-refractivity contribution >= 4 is 5.69 Å². The minimum atomic E-state index is -0.302. The van der Waals surface area contributed by atoms with E-state index >= 15 is 0 Å². The van der Waals surface area contributed by atoms with Crippen LogP contribution >= 0.6 is 0 Å². The molecule has 1 unspecified atom stereocenters. The van der Waals surface area contributed by atoms with Gasteiger partial charge in [0.05, 0.1) is 12.0 Å². The molecule has 4 rings (SSSR count). The van der Waals surface area contributed by atoms with Crippen LogP contribution in [0.4, 0.5) is 5.69 Å². The van der Waals surface area contributed by atoms with Crippen molar-refractivity contribution in [3.8, 4) is 11.5 Å². The Bertz CT molecular complexity index is 834. The molecule has 2 heterocycles. The number of methoxy groups -OCH3 is 1. The van der Waals surface area contributed by atoms with E-state index in [1.54, 1.807) is 18.2 Å². The first-order chi connectivity index (χ1) is 11.6. The Balaban J connectivity index is 1.80. The lowest BCUT2D eigenvalue weighted by Gasteiger charge is -2.41. The highest BCUT2D eigenvalue weighted by molar-refractivity contribution is 5.52. The van der Waals surface area contributed by atoms with E-state index in [1.165, 1.54) is 7.11 Å². The van der Waals surface area contributed by atoms with Gasteiger partial charge in [0.25, 0.3) is 5.69 Å². The van der Waals surface area contributed by atoms with Crippen LogP contribution < -0.4 is 4.74 Å². The third-order valence-corrected chi connectivity index (χ3v) is 5.12. The first-order valence-corrected chi connectivity index (χ1v) is 7.97. The summed E-state index contributed by atoms with van der Waals surface area (Å²) in [5, 5.41) is 21.5. The quantitative estimate of drug-likeness (QED) is 0.678. The average Bonchev–Trinajstić information content (AvgIpc) is 2.58. The van der Waals surface area contributed by atoms with Crippen molar-refractivity contribution in [2.24, 2.45) is 0 Å². The van der Waals surface area contributed by atoms with E-state index in [2.05, 4.69) is 4.90 Å². The van der Waals surface area contributed by atoms with Crippen LogP contribution in [0.2, 0.25) is 0 Å². The number of aromatic hydroxyl groups is 1. The highest BCUT2D eigenvalue weighted by Gasteiger charge is 2.35. The van der Waals surface area contributed by atoms with Crippen molar-refractivity contribution in [2.75, 3.05) is 13.7 Å². The SMILES string of the molecule is COc1cc2c(cc1O)C1Cc3c(cccc3[N+](=O)[O-])CN1CC2. The maximum Gasteiger partial charge on any atom is 0.272 e. The summed E-state index contributed by atoms with van der Waals surface area (Å²) in [4.78, 5) is 13.4. The summed E-state index contributed by atoms with van der Waals surface area (Å²) in [6.45, 7) is 1.60. The van der Waals surface area contributed by atoms with Gasteiger partial charge in [-0.1, -0.05) is 12.1 Å². The molecular weight excluding hydrogens is 308 g/mol. The molecule has 0 fully saturated rings. The number of fused-ring (bicyclic) bond motifs is 4. The summed E-state index contributed by atoms with van der Waals surface area (Å²) >= 11 is 0. The van der Waals surface area contributed by atoms with Crippen molar-refractivity contribution in [1.29, 1.82) is 0 Å². The fourth-order valence-electron chi connectivity index (χ4n) is 3.95. The van der Waals surface area contributed by atoms with E-state index in [-0.39, 0.29) is 22.4 Å². The van der Waals surface area contributed by atoms with Crippen molar-refractivity contribution in [3.05, 3.63) is 62.7 Å². The molecule has 124 valence electrons. The van der Waals surface area contributed by atoms with E-state index in [0.29, 0.717) is 18.7 Å². The molecule has 1 atom stereocenters. The standard InChI is InChI=1S/C18H18N2O4/c1-24-18-7-11-5-6-19-10-12-3-2-4-15(20(22)23)13(12)8-16(19)14(11)9-17(18)21/h2-4,7,9,16,21H,5-6,8,10H2,1H3. The minimum Gasteiger partial charge on any atom is -0.504 e. The first kappa shape index (κ1) is 15.0. The lowest BCUT2D eigenvalue weighted by Crippen LogP contribution is -2.39. The monoisotopic (exact) mass is 326 g/mol. The Morgan fingerprint density at radius 2 is 2.17 bits per heavy atom. The van der Waals surface area contributed by atoms with E-state index in [9.17, 15) is 15.2 Å². The Morgan fingerprint density at radius 3 is 2.92 bits per heavy atom. The highest BCUT2D eigenvalue weighted by Crippen LogP contribution is 2.43. The number of ether oxygens (including phenoxy) is 1. The Hall–Kier alpha value is -2.60. The molecule has 2 aromatic rings. The Labute approximate surface area is 139 Å². The first-order valence-electron chi connectivity index (χ1n) is 7.97. The van der Waals surface area contributed by atoms with E-state index in [0.717, 1.165) is 35.2 Å². The number of hydrogen-bond donors (Lipinski definition) is 1. The largest absolute Gasteiger partial charge is 0.504 e. The zero-order valence-electron chi connectivity index (χ0n) is 13.4. The van der Waals surface area contributed by atoms with Crippen LogP contribution in [0.5, 0.6) is 11.5 Å². The van der Waals surface area contributed by atoms with Gasteiger partial charge in [-0.3, -0.25) is 15.0 Å². The second-order valence-corrected chi connectivity index (χ2v) is 6.34. The molecule has 2 aliphatic rings. The fourth-order valence-corrected chi connectivity index (χ4v) is 3.95. The van der Waals surface area contributed by atoms with Gasteiger partial charge in [-0.25, -0.2) is 0 Å². The van der Waals surface area contributed by atoms with E-state index < -0.39 is 0 Å². The summed E-state index contributed by atoms with van der Waals surface area (Å²) < 4.78 is 5.20. The summed E-state index contributed by atoms with van der Waals surface area (Å²) in [6.07, 6.45) is 1.47. The molecule has 6 heteroatoms. The van der Waals surface area contributed by atoms with Crippen molar-refractivity contribution in [3.63, 3.8) is 0 Å². The molecule has 0 radical (unpaired) electrons. The summed E-state index contributed by atoms with van der Waals surface area (Å²) in [5.41, 5.74) is 4.22. The number of nitrogens with zero attached hydrogens (tertiary/aromatic N) is 2. The van der Waals surface area contributed by atoms with Crippen molar-refractivity contribution < 1.29 is 14.8 Å². The van der Waals surface area contributed by atoms with Crippen LogP contribution in [-0.2, 0) is 19.4 Å². The predicted molar refractivity (Wildman–Crippen MR) is 88.3 cm³/mol. The molecule has 1 N–H and O–H groups in total. The molecule has 0 saturated heterocycles. The molecule has 2 aliphatic heterocycles. The molecular formula is C18H18N2O4. The molecule has 0 aromatic heterocycles. The van der Waals surface area contributed by atoms with Crippen LogP contribution in [0.15, 0.2) is 30.3 Å². The molecule has 0 amide bonds. The molecule has 2 aromatic carbocycles. The van der Waals surface area contributed by atoms with Gasteiger partial charge in [-0.05, 0) is 41.7 Å². The minimum absolute atomic E-state index is 0.0548. The maximum absolute atomic E-state index is 11.4. The van der Waals surface area contributed by atoms with Gasteiger partial charge in [-0.15, -0.1) is 0 Å². The Morgan fingerprint density at radius 1 is 1.33 bits per heavy atom. The normalized spacial score (nSPS) is 19.1. The number of rotatable bonds is 2. The van der Waals surface area contributed by atoms with E-state index in [4.69, 9.17) is 4.74 Å².